The number of rotatable bonds is 5. The molecule has 1 amide bonds. The molecule has 0 spiro atoms. The summed E-state index contributed by atoms with van der Waals surface area (Å²) >= 11 is 1.20. The van der Waals surface area contributed by atoms with Crippen molar-refractivity contribution in [2.24, 2.45) is 0 Å². The lowest BCUT2D eigenvalue weighted by Gasteiger charge is -2.14. The van der Waals surface area contributed by atoms with E-state index in [-0.39, 0.29) is 17.3 Å². The fourth-order valence-corrected chi connectivity index (χ4v) is 2.89. The molecule has 20 heavy (non-hydrogen) atoms. The quantitative estimate of drug-likeness (QED) is 0.850. The average Bonchev–Trinajstić information content (AvgIpc) is 2.93. The van der Waals surface area contributed by atoms with Gasteiger partial charge in [-0.15, -0.1) is 11.8 Å². The van der Waals surface area contributed by atoms with Crippen LogP contribution in [0.25, 0.3) is 0 Å². The summed E-state index contributed by atoms with van der Waals surface area (Å²) in [5.74, 6) is -1.91. The lowest BCUT2D eigenvalue weighted by Crippen LogP contribution is -2.36. The number of nitrogens with one attached hydrogen (secondary N) is 1. The molecular weight excluding hydrogens is 284 g/mol. The molecule has 3 nitrogen and oxygen atoms in total. The number of ether oxygens (including phenoxy) is 1. The van der Waals surface area contributed by atoms with E-state index in [2.05, 4.69) is 5.32 Å². The number of halogens is 2. The molecule has 2 atom stereocenters. The fraction of sp³-hybridized carbons (Fsp3) is 0.500. The minimum Gasteiger partial charge on any atom is -0.376 e. The Hall–Kier alpha value is -1.14. The number of hydrogen-bond acceptors (Lipinski definition) is 3. The normalized spacial score (nSPS) is 19.9. The van der Waals surface area contributed by atoms with Gasteiger partial charge in [0.2, 0.25) is 5.91 Å². The molecule has 1 heterocycles. The van der Waals surface area contributed by atoms with Gasteiger partial charge in [0.1, 0.15) is 0 Å². The molecule has 1 saturated heterocycles. The van der Waals surface area contributed by atoms with Crippen molar-refractivity contribution in [3.8, 4) is 0 Å². The first-order valence-electron chi connectivity index (χ1n) is 6.57. The zero-order valence-electron chi connectivity index (χ0n) is 11.2. The van der Waals surface area contributed by atoms with Crippen LogP contribution in [0.3, 0.4) is 0 Å². The number of carbonyl (C=O) groups excluding carboxylic acids is 1. The van der Waals surface area contributed by atoms with Gasteiger partial charge in [0, 0.05) is 18.0 Å². The Morgan fingerprint density at radius 3 is 2.95 bits per heavy atom. The molecular formula is C14H17F2NO2S. The minimum absolute atomic E-state index is 0.0967. The van der Waals surface area contributed by atoms with Crippen LogP contribution in [-0.2, 0) is 9.53 Å². The SMILES string of the molecule is C[C@@H](Sc1ccc(F)c(F)c1)C(=O)NC[C@@H]1CCCO1. The van der Waals surface area contributed by atoms with Crippen LogP contribution in [-0.4, -0.2) is 30.4 Å². The van der Waals surface area contributed by atoms with Crippen LogP contribution in [0.4, 0.5) is 8.78 Å². The molecule has 2 rings (SSSR count). The minimum atomic E-state index is -0.901. The van der Waals surface area contributed by atoms with E-state index >= 15 is 0 Å². The highest BCUT2D eigenvalue weighted by atomic mass is 32.2. The fourth-order valence-electron chi connectivity index (χ4n) is 1.97. The highest BCUT2D eigenvalue weighted by molar-refractivity contribution is 8.00. The molecule has 0 aliphatic carbocycles. The Morgan fingerprint density at radius 2 is 2.30 bits per heavy atom. The van der Waals surface area contributed by atoms with Gasteiger partial charge in [-0.2, -0.15) is 0 Å². The molecule has 110 valence electrons. The summed E-state index contributed by atoms with van der Waals surface area (Å²) < 4.78 is 31.3. The van der Waals surface area contributed by atoms with Gasteiger partial charge in [-0.05, 0) is 38.0 Å². The molecule has 1 aromatic rings. The first-order chi connectivity index (χ1) is 9.56. The van der Waals surface area contributed by atoms with E-state index in [1.807, 2.05) is 0 Å². The highest BCUT2D eigenvalue weighted by Crippen LogP contribution is 2.25. The molecule has 1 aromatic carbocycles. The van der Waals surface area contributed by atoms with Crippen molar-refractivity contribution >= 4 is 17.7 Å². The van der Waals surface area contributed by atoms with Crippen molar-refractivity contribution < 1.29 is 18.3 Å². The van der Waals surface area contributed by atoms with Crippen molar-refractivity contribution in [1.29, 1.82) is 0 Å². The van der Waals surface area contributed by atoms with Crippen LogP contribution in [0.1, 0.15) is 19.8 Å². The summed E-state index contributed by atoms with van der Waals surface area (Å²) in [5.41, 5.74) is 0. The van der Waals surface area contributed by atoms with Crippen LogP contribution in [0.5, 0.6) is 0 Å². The van der Waals surface area contributed by atoms with Crippen LogP contribution in [0.15, 0.2) is 23.1 Å². The Bertz CT molecular complexity index is 478. The molecule has 0 bridgehead atoms. The molecule has 1 aliphatic rings. The van der Waals surface area contributed by atoms with Crippen molar-refractivity contribution in [3.05, 3.63) is 29.8 Å². The van der Waals surface area contributed by atoms with Gasteiger partial charge in [-0.3, -0.25) is 4.79 Å². The number of amides is 1. The number of benzene rings is 1. The lowest BCUT2D eigenvalue weighted by atomic mass is 10.2. The Morgan fingerprint density at radius 1 is 1.50 bits per heavy atom. The van der Waals surface area contributed by atoms with Gasteiger partial charge in [-0.25, -0.2) is 8.78 Å². The molecule has 0 aromatic heterocycles. The third-order valence-electron chi connectivity index (χ3n) is 3.10. The average molecular weight is 301 g/mol. The predicted octanol–water partition coefficient (Wildman–Crippen LogP) is 2.74. The second-order valence-electron chi connectivity index (χ2n) is 4.72. The van der Waals surface area contributed by atoms with Crippen LogP contribution in [0.2, 0.25) is 0 Å². The maximum absolute atomic E-state index is 13.1. The first-order valence-corrected chi connectivity index (χ1v) is 7.45. The molecule has 6 heteroatoms. The second kappa shape index (κ2) is 7.04. The van der Waals surface area contributed by atoms with Gasteiger partial charge in [-0.1, -0.05) is 0 Å². The Kier molecular flexibility index (Phi) is 5.37. The molecule has 1 fully saturated rings. The largest absolute Gasteiger partial charge is 0.376 e. The van der Waals surface area contributed by atoms with Gasteiger partial charge < -0.3 is 10.1 Å². The van der Waals surface area contributed by atoms with E-state index in [0.717, 1.165) is 31.6 Å². The number of thioether (sulfide) groups is 1. The van der Waals surface area contributed by atoms with Gasteiger partial charge in [0.25, 0.3) is 0 Å². The summed E-state index contributed by atoms with van der Waals surface area (Å²) in [4.78, 5) is 12.4. The topological polar surface area (TPSA) is 38.3 Å². The van der Waals surface area contributed by atoms with Crippen LogP contribution in [0, 0.1) is 11.6 Å². The van der Waals surface area contributed by atoms with Gasteiger partial charge in [0.15, 0.2) is 11.6 Å². The van der Waals surface area contributed by atoms with Crippen molar-refractivity contribution in [3.63, 3.8) is 0 Å². The molecule has 1 aliphatic heterocycles. The van der Waals surface area contributed by atoms with Crippen LogP contribution < -0.4 is 5.32 Å². The Labute approximate surface area is 121 Å². The summed E-state index contributed by atoms with van der Waals surface area (Å²) in [7, 11) is 0. The molecule has 0 unspecified atom stereocenters. The summed E-state index contributed by atoms with van der Waals surface area (Å²) in [6.45, 7) is 2.98. The van der Waals surface area contributed by atoms with Crippen molar-refractivity contribution in [1.82, 2.24) is 5.32 Å². The zero-order chi connectivity index (χ0) is 14.5. The number of carbonyl (C=O) groups is 1. The molecule has 0 radical (unpaired) electrons. The third-order valence-corrected chi connectivity index (χ3v) is 4.19. The monoisotopic (exact) mass is 301 g/mol. The predicted molar refractivity (Wildman–Crippen MR) is 73.7 cm³/mol. The number of hydrogen-bond donors (Lipinski definition) is 1. The van der Waals surface area contributed by atoms with E-state index in [9.17, 15) is 13.6 Å². The van der Waals surface area contributed by atoms with Gasteiger partial charge >= 0.3 is 0 Å². The van der Waals surface area contributed by atoms with Gasteiger partial charge in [0.05, 0.1) is 11.4 Å². The van der Waals surface area contributed by atoms with E-state index in [4.69, 9.17) is 4.74 Å². The summed E-state index contributed by atoms with van der Waals surface area (Å²) in [6, 6.07) is 3.63. The van der Waals surface area contributed by atoms with Crippen molar-refractivity contribution in [2.45, 2.75) is 36.0 Å². The second-order valence-corrected chi connectivity index (χ2v) is 6.13. The standard InChI is InChI=1S/C14H17F2NO2S/c1-9(14(18)17-8-10-3-2-6-19-10)20-11-4-5-12(15)13(16)7-11/h4-5,7,9-10H,2-3,6,8H2,1H3,(H,17,18)/t9-,10+/m1/s1. The van der Waals surface area contributed by atoms with E-state index < -0.39 is 11.6 Å². The molecule has 0 saturated carbocycles. The third kappa shape index (κ3) is 4.18. The van der Waals surface area contributed by atoms with E-state index in [1.54, 1.807) is 6.92 Å². The smallest absolute Gasteiger partial charge is 0.233 e. The zero-order valence-corrected chi connectivity index (χ0v) is 12.0. The summed E-state index contributed by atoms with van der Waals surface area (Å²) in [5, 5.41) is 2.44. The lowest BCUT2D eigenvalue weighted by molar-refractivity contribution is -0.120. The highest BCUT2D eigenvalue weighted by Gasteiger charge is 2.19. The maximum atomic E-state index is 13.1. The van der Waals surface area contributed by atoms with E-state index in [0.29, 0.717) is 11.4 Å². The molecule has 1 N–H and O–H groups in total. The van der Waals surface area contributed by atoms with E-state index in [1.165, 1.54) is 17.8 Å². The van der Waals surface area contributed by atoms with Crippen LogP contribution >= 0.6 is 11.8 Å². The van der Waals surface area contributed by atoms with Crippen molar-refractivity contribution in [2.75, 3.05) is 13.2 Å². The Balaban J connectivity index is 1.81. The first kappa shape index (κ1) is 15.3. The maximum Gasteiger partial charge on any atom is 0.233 e. The summed E-state index contributed by atoms with van der Waals surface area (Å²) in [6.07, 6.45) is 2.09.